The minimum Gasteiger partial charge on any atom is -0.491 e. The van der Waals surface area contributed by atoms with Crippen LogP contribution in [0.15, 0.2) is 54.6 Å². The first-order valence-corrected chi connectivity index (χ1v) is 14.6. The fraction of sp³-hybridized carbons (Fsp3) is 0.606. The van der Waals surface area contributed by atoms with Crippen LogP contribution in [0.5, 0.6) is 5.75 Å². The Morgan fingerprint density at radius 3 is 2.14 bits per heavy atom. The summed E-state index contributed by atoms with van der Waals surface area (Å²) in [6, 6.07) is 19.0. The first-order chi connectivity index (χ1) is 17.8. The molecule has 37 heavy (non-hydrogen) atoms. The van der Waals surface area contributed by atoms with E-state index in [0.717, 1.165) is 36.2 Å². The molecule has 0 aliphatic carbocycles. The van der Waals surface area contributed by atoms with Gasteiger partial charge in [0.2, 0.25) is 0 Å². The monoisotopic (exact) mass is 510 g/mol. The maximum absolute atomic E-state index is 12.8. The molecule has 2 unspecified atom stereocenters. The molecule has 0 bridgehead atoms. The highest BCUT2D eigenvalue weighted by Crippen LogP contribution is 2.19. The Morgan fingerprint density at radius 2 is 1.49 bits per heavy atom. The quantitative estimate of drug-likeness (QED) is 0.109. The molecule has 0 fully saturated rings. The van der Waals surface area contributed by atoms with Crippen molar-refractivity contribution in [3.8, 4) is 5.75 Å². The lowest BCUT2D eigenvalue weighted by atomic mass is 10.0. The number of nitrogens with zero attached hydrogens (tertiary/aromatic N) is 1. The van der Waals surface area contributed by atoms with Crippen LogP contribution < -0.4 is 4.74 Å². The second-order valence-electron chi connectivity index (χ2n) is 11.3. The third-order valence-electron chi connectivity index (χ3n) is 7.09. The maximum Gasteiger partial charge on any atom is 0.314 e. The highest BCUT2D eigenvalue weighted by atomic mass is 16.5. The first kappa shape index (κ1) is 30.9. The Kier molecular flexibility index (Phi) is 14.4. The van der Waals surface area contributed by atoms with E-state index in [1.165, 1.54) is 56.1 Å². The van der Waals surface area contributed by atoms with Gasteiger partial charge in [0.15, 0.2) is 0 Å². The molecule has 0 heterocycles. The average molecular weight is 511 g/mol. The number of unbranched alkanes of at least 4 members (excludes halogenated alkanes) is 6. The summed E-state index contributed by atoms with van der Waals surface area (Å²) in [6.07, 6.45) is 12.0. The zero-order chi connectivity index (χ0) is 26.9. The van der Waals surface area contributed by atoms with Gasteiger partial charge in [0.25, 0.3) is 0 Å². The summed E-state index contributed by atoms with van der Waals surface area (Å²) in [5, 5.41) is 0. The van der Waals surface area contributed by atoms with Crippen LogP contribution in [0.2, 0.25) is 0 Å². The van der Waals surface area contributed by atoms with Crippen molar-refractivity contribution in [2.45, 2.75) is 97.6 Å². The van der Waals surface area contributed by atoms with Gasteiger partial charge in [0.1, 0.15) is 18.2 Å². The van der Waals surface area contributed by atoms with Crippen LogP contribution in [0, 0.1) is 5.92 Å². The van der Waals surface area contributed by atoms with Gasteiger partial charge in [0, 0.05) is 12.0 Å². The standard InChI is InChI=1S/C33H52NO3/c1-6-8-9-10-11-12-14-17-29-20-22-32(23-21-29)37-28(3)24-25-36-33(35)31(7-2)27-34(4,5)26-30-18-15-13-16-19-30/h13,15-16,18-23,28,31H,6-12,14,17,24-27H2,1-5H3/q+1. The second-order valence-corrected chi connectivity index (χ2v) is 11.3. The number of carbonyl (C=O) groups excluding carboxylic acids is 1. The van der Waals surface area contributed by atoms with E-state index in [1.807, 2.05) is 13.0 Å². The van der Waals surface area contributed by atoms with Crippen molar-refractivity contribution in [1.29, 1.82) is 0 Å². The topological polar surface area (TPSA) is 35.5 Å². The van der Waals surface area contributed by atoms with Crippen molar-refractivity contribution >= 4 is 5.97 Å². The van der Waals surface area contributed by atoms with Gasteiger partial charge in [-0.1, -0.05) is 94.8 Å². The Morgan fingerprint density at radius 1 is 0.838 bits per heavy atom. The van der Waals surface area contributed by atoms with E-state index in [1.54, 1.807) is 0 Å². The molecule has 2 aromatic carbocycles. The number of benzene rings is 2. The van der Waals surface area contributed by atoms with E-state index in [2.05, 4.69) is 76.5 Å². The van der Waals surface area contributed by atoms with E-state index in [4.69, 9.17) is 9.47 Å². The molecular weight excluding hydrogens is 458 g/mol. The highest BCUT2D eigenvalue weighted by molar-refractivity contribution is 5.72. The molecule has 0 saturated carbocycles. The van der Waals surface area contributed by atoms with Gasteiger partial charge >= 0.3 is 5.97 Å². The lowest BCUT2D eigenvalue weighted by Gasteiger charge is -2.32. The van der Waals surface area contributed by atoms with Crippen molar-refractivity contribution in [1.82, 2.24) is 0 Å². The lowest BCUT2D eigenvalue weighted by molar-refractivity contribution is -0.906. The van der Waals surface area contributed by atoms with Crippen LogP contribution in [-0.2, 0) is 22.5 Å². The summed E-state index contributed by atoms with van der Waals surface area (Å²) in [5.41, 5.74) is 2.66. The summed E-state index contributed by atoms with van der Waals surface area (Å²) in [6.45, 7) is 8.42. The third kappa shape index (κ3) is 13.2. The molecule has 2 aromatic rings. The smallest absolute Gasteiger partial charge is 0.314 e. The molecule has 4 nitrogen and oxygen atoms in total. The SMILES string of the molecule is CCCCCCCCCc1ccc(OC(C)CCOC(=O)C(CC)C[N+](C)(C)Cc2ccccc2)cc1. The molecule has 4 heteroatoms. The van der Waals surface area contributed by atoms with Crippen molar-refractivity contribution in [2.24, 2.45) is 5.92 Å². The van der Waals surface area contributed by atoms with Crippen molar-refractivity contribution < 1.29 is 18.8 Å². The van der Waals surface area contributed by atoms with Crippen LogP contribution in [0.3, 0.4) is 0 Å². The molecule has 0 N–H and O–H groups in total. The van der Waals surface area contributed by atoms with Gasteiger partial charge in [-0.05, 0) is 43.9 Å². The third-order valence-corrected chi connectivity index (χ3v) is 7.09. The fourth-order valence-corrected chi connectivity index (χ4v) is 4.86. The zero-order valence-corrected chi connectivity index (χ0v) is 24.2. The van der Waals surface area contributed by atoms with Crippen LogP contribution in [-0.4, -0.2) is 43.8 Å². The summed E-state index contributed by atoms with van der Waals surface area (Å²) < 4.78 is 12.5. The Hall–Kier alpha value is -2.33. The van der Waals surface area contributed by atoms with Gasteiger partial charge in [-0.15, -0.1) is 0 Å². The Balaban J connectivity index is 1.66. The molecule has 0 aliphatic heterocycles. The molecule has 0 aliphatic rings. The second kappa shape index (κ2) is 17.2. The van der Waals surface area contributed by atoms with Gasteiger partial charge in [-0.3, -0.25) is 4.79 Å². The number of hydrogen-bond donors (Lipinski definition) is 0. The highest BCUT2D eigenvalue weighted by Gasteiger charge is 2.28. The van der Waals surface area contributed by atoms with Gasteiger partial charge in [-0.2, -0.15) is 0 Å². The molecule has 2 rings (SSSR count). The number of rotatable bonds is 19. The number of aryl methyl sites for hydroxylation is 1. The summed E-state index contributed by atoms with van der Waals surface area (Å²) >= 11 is 0. The summed E-state index contributed by atoms with van der Waals surface area (Å²) in [5.74, 6) is 0.691. The van der Waals surface area contributed by atoms with Crippen molar-refractivity contribution in [3.63, 3.8) is 0 Å². The molecule has 0 spiro atoms. The largest absolute Gasteiger partial charge is 0.491 e. The Labute approximate surface area is 227 Å². The zero-order valence-electron chi connectivity index (χ0n) is 24.2. The molecule has 0 radical (unpaired) electrons. The molecular formula is C33H52NO3+. The molecule has 2 atom stereocenters. The van der Waals surface area contributed by atoms with E-state index in [9.17, 15) is 4.79 Å². The van der Waals surface area contributed by atoms with Crippen molar-refractivity contribution in [2.75, 3.05) is 27.2 Å². The lowest BCUT2D eigenvalue weighted by Crippen LogP contribution is -2.44. The van der Waals surface area contributed by atoms with Crippen LogP contribution >= 0.6 is 0 Å². The number of carbonyl (C=O) groups is 1. The molecule has 0 amide bonds. The molecule has 0 saturated heterocycles. The van der Waals surface area contributed by atoms with Gasteiger partial charge in [0.05, 0.1) is 33.4 Å². The van der Waals surface area contributed by atoms with Crippen LogP contribution in [0.25, 0.3) is 0 Å². The predicted molar refractivity (Wildman–Crippen MR) is 155 cm³/mol. The van der Waals surface area contributed by atoms with E-state index in [0.29, 0.717) is 13.0 Å². The molecule has 206 valence electrons. The summed E-state index contributed by atoms with van der Waals surface area (Å²) in [4.78, 5) is 12.8. The van der Waals surface area contributed by atoms with E-state index < -0.39 is 0 Å². The van der Waals surface area contributed by atoms with Gasteiger partial charge < -0.3 is 14.0 Å². The average Bonchev–Trinajstić information content (AvgIpc) is 2.88. The first-order valence-electron chi connectivity index (χ1n) is 14.6. The fourth-order valence-electron chi connectivity index (χ4n) is 4.86. The normalized spacial score (nSPS) is 13.2. The minimum atomic E-state index is -0.0983. The summed E-state index contributed by atoms with van der Waals surface area (Å²) in [7, 11) is 4.36. The van der Waals surface area contributed by atoms with E-state index in [-0.39, 0.29) is 18.0 Å². The minimum absolute atomic E-state index is 0.00727. The molecule has 0 aromatic heterocycles. The maximum atomic E-state index is 12.8. The van der Waals surface area contributed by atoms with Crippen molar-refractivity contribution in [3.05, 3.63) is 65.7 Å². The van der Waals surface area contributed by atoms with Crippen LogP contribution in [0.1, 0.15) is 89.7 Å². The Bertz CT molecular complexity index is 863. The van der Waals surface area contributed by atoms with Gasteiger partial charge in [-0.25, -0.2) is 0 Å². The predicted octanol–water partition coefficient (Wildman–Crippen LogP) is 7.98. The number of esters is 1. The number of ether oxygens (including phenoxy) is 2. The number of hydrogen-bond acceptors (Lipinski definition) is 3. The van der Waals surface area contributed by atoms with E-state index >= 15 is 0 Å². The van der Waals surface area contributed by atoms with Crippen LogP contribution in [0.4, 0.5) is 0 Å². The number of quaternary nitrogens is 1.